The van der Waals surface area contributed by atoms with Gasteiger partial charge in [-0.05, 0) is 41.7 Å². The fourth-order valence-corrected chi connectivity index (χ4v) is 3.50. The maximum atomic E-state index is 13.6. The Morgan fingerprint density at radius 1 is 1.38 bits per heavy atom. The van der Waals surface area contributed by atoms with Crippen LogP contribution in [0.4, 0.5) is 4.48 Å². The second-order valence-electron chi connectivity index (χ2n) is 8.26. The van der Waals surface area contributed by atoms with Crippen LogP contribution in [-0.4, -0.2) is 40.5 Å². The van der Waals surface area contributed by atoms with Gasteiger partial charge in [0, 0.05) is 13.0 Å². The van der Waals surface area contributed by atoms with Crippen molar-refractivity contribution in [1.29, 1.82) is 0 Å². The molecular formula is C21H30FN3O3S. The molecule has 160 valence electrons. The highest BCUT2D eigenvalue weighted by atomic mass is 32.1. The average molecular weight is 424 g/mol. The number of amides is 1. The molecule has 2 N–H and O–H groups in total. The summed E-state index contributed by atoms with van der Waals surface area (Å²) in [6.07, 6.45) is 0.956. The molecule has 0 aliphatic carbocycles. The quantitative estimate of drug-likeness (QED) is 0.561. The van der Waals surface area contributed by atoms with E-state index in [0.717, 1.165) is 41.2 Å². The molecule has 2 heterocycles. The Balaban J connectivity index is 0.000000426. The van der Waals surface area contributed by atoms with Crippen LogP contribution in [0.1, 0.15) is 44.9 Å². The number of aromatic nitrogens is 1. The predicted molar refractivity (Wildman–Crippen MR) is 113 cm³/mol. The van der Waals surface area contributed by atoms with Gasteiger partial charge in [-0.15, -0.1) is 11.3 Å². The first-order valence-electron chi connectivity index (χ1n) is 9.65. The van der Waals surface area contributed by atoms with E-state index in [2.05, 4.69) is 10.3 Å². The van der Waals surface area contributed by atoms with E-state index in [4.69, 9.17) is 9.94 Å². The van der Waals surface area contributed by atoms with Crippen molar-refractivity contribution in [2.45, 2.75) is 53.2 Å². The van der Waals surface area contributed by atoms with E-state index in [1.807, 2.05) is 57.5 Å². The van der Waals surface area contributed by atoms with Crippen molar-refractivity contribution in [1.82, 2.24) is 15.6 Å². The summed E-state index contributed by atoms with van der Waals surface area (Å²) in [6, 6.07) is 7.60. The average Bonchev–Trinajstić information content (AvgIpc) is 3.30. The lowest BCUT2D eigenvalue weighted by Crippen LogP contribution is -2.27. The van der Waals surface area contributed by atoms with Gasteiger partial charge in [-0.25, -0.2) is 9.82 Å². The van der Waals surface area contributed by atoms with Crippen LogP contribution in [0.5, 0.6) is 0 Å². The van der Waals surface area contributed by atoms with Crippen molar-refractivity contribution < 1.29 is 19.2 Å². The molecule has 1 aromatic carbocycles. The van der Waals surface area contributed by atoms with Gasteiger partial charge in [0.2, 0.25) is 0 Å². The first-order valence-corrected chi connectivity index (χ1v) is 10.5. The zero-order valence-corrected chi connectivity index (χ0v) is 18.3. The summed E-state index contributed by atoms with van der Waals surface area (Å²) in [6.45, 7) is 9.37. The summed E-state index contributed by atoms with van der Waals surface area (Å²) in [5.41, 5.74) is 4.38. The van der Waals surface area contributed by atoms with Crippen molar-refractivity contribution in [3.63, 3.8) is 0 Å². The Kier molecular flexibility index (Phi) is 8.70. The third kappa shape index (κ3) is 8.18. The van der Waals surface area contributed by atoms with E-state index >= 15 is 0 Å². The van der Waals surface area contributed by atoms with Gasteiger partial charge in [-0.1, -0.05) is 49.5 Å². The zero-order valence-electron chi connectivity index (χ0n) is 17.4. The fraction of sp³-hybridized carbons (Fsp3) is 0.524. The minimum absolute atomic E-state index is 0.00827. The number of benzene rings is 1. The fourth-order valence-electron chi connectivity index (χ4n) is 2.69. The standard InChI is InChI=1S/C17H21FN2O2S.C4H9NO/c1-12-16(23-11-19-12)14-7-5-13(6-8-14)10-22-20(18)15(21)9-17(2,3)4;6-4-1-2-5-3-4/h5-8,11H,9-10H2,1-4H3;4-6H,1-3H2. The monoisotopic (exact) mass is 423 g/mol. The van der Waals surface area contributed by atoms with E-state index < -0.39 is 5.91 Å². The number of thiazole rings is 1. The van der Waals surface area contributed by atoms with Crippen LogP contribution in [-0.2, 0) is 16.2 Å². The van der Waals surface area contributed by atoms with E-state index in [-0.39, 0.29) is 29.8 Å². The molecule has 8 heteroatoms. The van der Waals surface area contributed by atoms with Crippen molar-refractivity contribution in [3.05, 3.63) is 41.0 Å². The Morgan fingerprint density at radius 3 is 2.52 bits per heavy atom. The molecule has 2 aromatic rings. The third-order valence-corrected chi connectivity index (χ3v) is 5.20. The van der Waals surface area contributed by atoms with Crippen LogP contribution in [0.2, 0.25) is 0 Å². The lowest BCUT2D eigenvalue weighted by atomic mass is 9.92. The molecule has 3 rings (SSSR count). The van der Waals surface area contributed by atoms with E-state index in [0.29, 0.717) is 0 Å². The van der Waals surface area contributed by atoms with E-state index in [9.17, 15) is 9.28 Å². The van der Waals surface area contributed by atoms with Gasteiger partial charge in [-0.2, -0.15) is 0 Å². The first-order chi connectivity index (χ1) is 13.7. The van der Waals surface area contributed by atoms with Crippen molar-refractivity contribution >= 4 is 17.2 Å². The van der Waals surface area contributed by atoms with Crippen LogP contribution in [0.15, 0.2) is 29.8 Å². The van der Waals surface area contributed by atoms with Gasteiger partial charge in [-0.3, -0.25) is 4.79 Å². The van der Waals surface area contributed by atoms with Gasteiger partial charge in [0.1, 0.15) is 6.61 Å². The number of nitrogens with one attached hydrogen (secondary N) is 1. The molecule has 1 aliphatic heterocycles. The Hall–Kier alpha value is -1.87. The Bertz CT molecular complexity index is 768. The lowest BCUT2D eigenvalue weighted by molar-refractivity contribution is -0.272. The SMILES string of the molecule is Cc1ncsc1-c1ccc(CON(F)C(=O)CC(C)(C)C)cc1.OC1CCNC1. The number of aliphatic hydroxyl groups is 1. The maximum Gasteiger partial charge on any atom is 0.279 e. The first kappa shape index (κ1) is 23.4. The molecule has 29 heavy (non-hydrogen) atoms. The van der Waals surface area contributed by atoms with Crippen molar-refractivity contribution in [2.24, 2.45) is 5.41 Å². The Morgan fingerprint density at radius 2 is 2.07 bits per heavy atom. The highest BCUT2D eigenvalue weighted by molar-refractivity contribution is 7.13. The van der Waals surface area contributed by atoms with Crippen LogP contribution >= 0.6 is 11.3 Å². The Labute approximate surface area is 175 Å². The third-order valence-electron chi connectivity index (χ3n) is 4.22. The number of carbonyl (C=O) groups excluding carboxylic acids is 1. The summed E-state index contributed by atoms with van der Waals surface area (Å²) >= 11 is 1.58. The summed E-state index contributed by atoms with van der Waals surface area (Å²) in [5.74, 6) is -0.672. The van der Waals surface area contributed by atoms with Crippen molar-refractivity contribution in [2.75, 3.05) is 13.1 Å². The molecule has 1 aliphatic rings. The van der Waals surface area contributed by atoms with Crippen LogP contribution in [0.3, 0.4) is 0 Å². The minimum atomic E-state index is -0.672. The van der Waals surface area contributed by atoms with Gasteiger partial charge < -0.3 is 10.4 Å². The number of rotatable bonds is 5. The normalized spacial score (nSPS) is 16.3. The molecule has 1 amide bonds. The smallest absolute Gasteiger partial charge is 0.279 e. The number of hydroxylamine groups is 1. The van der Waals surface area contributed by atoms with Crippen LogP contribution in [0.25, 0.3) is 10.4 Å². The highest BCUT2D eigenvalue weighted by Gasteiger charge is 2.22. The van der Waals surface area contributed by atoms with E-state index in [1.54, 1.807) is 11.3 Å². The largest absolute Gasteiger partial charge is 0.392 e. The molecule has 1 aromatic heterocycles. The molecular weight excluding hydrogens is 393 g/mol. The minimum Gasteiger partial charge on any atom is -0.392 e. The summed E-state index contributed by atoms with van der Waals surface area (Å²) < 4.78 is 13.6. The molecule has 1 saturated heterocycles. The molecule has 1 fully saturated rings. The molecule has 0 saturated carbocycles. The van der Waals surface area contributed by atoms with Crippen LogP contribution in [0, 0.1) is 12.3 Å². The summed E-state index contributed by atoms with van der Waals surface area (Å²) in [5, 5.41) is 11.5. The number of nitrogens with zero attached hydrogens (tertiary/aromatic N) is 2. The van der Waals surface area contributed by atoms with Gasteiger partial charge in [0.25, 0.3) is 5.91 Å². The summed E-state index contributed by atoms with van der Waals surface area (Å²) in [4.78, 5) is 21.9. The molecule has 0 bridgehead atoms. The number of aryl methyl sites for hydroxylation is 1. The van der Waals surface area contributed by atoms with Gasteiger partial charge >= 0.3 is 0 Å². The van der Waals surface area contributed by atoms with Crippen LogP contribution < -0.4 is 5.32 Å². The summed E-state index contributed by atoms with van der Waals surface area (Å²) in [7, 11) is 0. The number of aliphatic hydroxyl groups excluding tert-OH is 1. The predicted octanol–water partition coefficient (Wildman–Crippen LogP) is 4.04. The number of hydrogen-bond acceptors (Lipinski definition) is 6. The maximum absolute atomic E-state index is 13.6. The number of halogens is 1. The topological polar surface area (TPSA) is 74.7 Å². The van der Waals surface area contributed by atoms with Gasteiger partial charge in [0.15, 0.2) is 0 Å². The second-order valence-corrected chi connectivity index (χ2v) is 9.11. The van der Waals surface area contributed by atoms with Crippen molar-refractivity contribution in [3.8, 4) is 10.4 Å². The molecule has 0 spiro atoms. The number of carbonyl (C=O) groups is 1. The number of hydrogen-bond donors (Lipinski definition) is 2. The molecule has 0 radical (unpaired) electrons. The molecule has 1 unspecified atom stereocenters. The van der Waals surface area contributed by atoms with Gasteiger partial charge in [0.05, 0.1) is 22.2 Å². The number of β-amino-alcohol motifs (C(OH)–C–C–N with tert-alkyl or cyclic N) is 1. The highest BCUT2D eigenvalue weighted by Crippen LogP contribution is 2.27. The zero-order chi connectivity index (χ0) is 21.4. The molecule has 1 atom stereocenters. The molecule has 6 nitrogen and oxygen atoms in total. The second kappa shape index (κ2) is 10.8. The lowest BCUT2D eigenvalue weighted by Gasteiger charge is -2.19. The van der Waals surface area contributed by atoms with E-state index in [1.165, 1.54) is 0 Å².